The molecule has 0 radical (unpaired) electrons. The lowest BCUT2D eigenvalue weighted by Crippen LogP contribution is -2.46. The molecule has 0 fully saturated rings. The number of halogens is 1. The highest BCUT2D eigenvalue weighted by molar-refractivity contribution is 6.90. The number of rotatable bonds is 7. The van der Waals surface area contributed by atoms with Crippen molar-refractivity contribution in [1.29, 1.82) is 0 Å². The van der Waals surface area contributed by atoms with E-state index in [0.717, 1.165) is 18.9 Å². The van der Waals surface area contributed by atoms with Gasteiger partial charge in [-0.2, -0.15) is 0 Å². The molecule has 1 unspecified atom stereocenters. The second-order valence-corrected chi connectivity index (χ2v) is 14.3. The number of aryl methyl sites for hydroxylation is 1. The van der Waals surface area contributed by atoms with E-state index in [9.17, 15) is 9.59 Å². The first-order valence-electron chi connectivity index (χ1n) is 11.2. The van der Waals surface area contributed by atoms with E-state index < -0.39 is 25.9 Å². The van der Waals surface area contributed by atoms with Gasteiger partial charge in [0.05, 0.1) is 40.5 Å². The summed E-state index contributed by atoms with van der Waals surface area (Å²) in [4.78, 5) is 25.5. The quantitative estimate of drug-likeness (QED) is 0.437. The van der Waals surface area contributed by atoms with Crippen LogP contribution in [0.2, 0.25) is 24.2 Å². The van der Waals surface area contributed by atoms with Crippen LogP contribution in [0.5, 0.6) is 23.0 Å². The molecule has 2 aromatic rings. The second-order valence-electron chi connectivity index (χ2n) is 9.04. The number of methoxy groups -OCH3 is 3. The summed E-state index contributed by atoms with van der Waals surface area (Å²) in [6.07, 6.45) is 1.88. The highest BCUT2D eigenvalue weighted by Crippen LogP contribution is 2.39. The van der Waals surface area contributed by atoms with Gasteiger partial charge in [0.1, 0.15) is 28.7 Å². The van der Waals surface area contributed by atoms with E-state index in [-0.39, 0.29) is 11.6 Å². The van der Waals surface area contributed by atoms with Crippen LogP contribution < -0.4 is 29.5 Å². The zero-order chi connectivity index (χ0) is 25.3. The third-order valence-corrected chi connectivity index (χ3v) is 10.1. The zero-order valence-electron chi connectivity index (χ0n) is 20.3. The van der Waals surface area contributed by atoms with Crippen LogP contribution in [0.15, 0.2) is 36.3 Å². The summed E-state index contributed by atoms with van der Waals surface area (Å²) < 4.78 is 27.3. The highest BCUT2D eigenvalue weighted by Gasteiger charge is 2.37. The van der Waals surface area contributed by atoms with Crippen molar-refractivity contribution in [3.05, 3.63) is 46.9 Å². The first kappa shape index (κ1) is 24.9. The van der Waals surface area contributed by atoms with Crippen LogP contribution in [0, 0.1) is 0 Å². The number of ketones is 1. The molecule has 35 heavy (non-hydrogen) atoms. The molecule has 186 valence electrons. The topological polar surface area (TPSA) is 92.3 Å². The summed E-state index contributed by atoms with van der Waals surface area (Å²) in [6.45, 7) is 4.64. The Balaban J connectivity index is 1.51. The van der Waals surface area contributed by atoms with Gasteiger partial charge < -0.3 is 29.0 Å². The van der Waals surface area contributed by atoms with Crippen LogP contribution in [0.3, 0.4) is 0 Å². The Labute approximate surface area is 210 Å². The lowest BCUT2D eigenvalue weighted by Gasteiger charge is -2.31. The van der Waals surface area contributed by atoms with Crippen molar-refractivity contribution >= 4 is 42.2 Å². The minimum absolute atomic E-state index is 0.0825. The standard InChI is InChI=1S/C25H28ClNO7Si/c1-30-15-10-19(31-2)23(20(11-15)32-3)27-25(29)24-17(28)12-22(34-24)33-18-13-21-14(9-16(18)26)7-6-8-35(21,4)5/h9-13,24H,6-8H2,1-5H3,(H,27,29). The smallest absolute Gasteiger partial charge is 0.289 e. The molecular weight excluding hydrogens is 490 g/mol. The average Bonchev–Trinajstić information content (AvgIpc) is 3.19. The number of nitrogens with one attached hydrogen (secondary N) is 1. The van der Waals surface area contributed by atoms with Crippen LogP contribution in [0.25, 0.3) is 0 Å². The predicted octanol–water partition coefficient (Wildman–Crippen LogP) is 4.05. The molecule has 2 aliphatic heterocycles. The van der Waals surface area contributed by atoms with Crippen molar-refractivity contribution in [3.8, 4) is 23.0 Å². The van der Waals surface area contributed by atoms with Crippen LogP contribution in [0.1, 0.15) is 12.0 Å². The second kappa shape index (κ2) is 9.83. The SMILES string of the molecule is COc1cc(OC)c(NC(=O)C2OC(Oc3cc4c(cc3Cl)CCC[Si]4(C)C)=CC2=O)c(OC)c1. The molecule has 2 aliphatic rings. The number of ether oxygens (including phenoxy) is 5. The van der Waals surface area contributed by atoms with Crippen molar-refractivity contribution in [2.45, 2.75) is 38.1 Å². The zero-order valence-corrected chi connectivity index (χ0v) is 22.1. The maximum absolute atomic E-state index is 12.9. The maximum atomic E-state index is 12.9. The third kappa shape index (κ3) is 4.97. The molecule has 0 saturated heterocycles. The molecule has 8 nitrogen and oxygen atoms in total. The summed E-state index contributed by atoms with van der Waals surface area (Å²) >= 11 is 6.47. The summed E-state index contributed by atoms with van der Waals surface area (Å²) in [7, 11) is 2.80. The maximum Gasteiger partial charge on any atom is 0.289 e. The molecule has 2 aromatic carbocycles. The number of hydrogen-bond donors (Lipinski definition) is 1. The molecule has 0 spiro atoms. The molecule has 0 aliphatic carbocycles. The summed E-state index contributed by atoms with van der Waals surface area (Å²) in [5, 5.41) is 4.38. The number of carbonyl (C=O) groups excluding carboxylic acids is 2. The number of hydrogen-bond acceptors (Lipinski definition) is 7. The number of carbonyl (C=O) groups is 2. The minimum Gasteiger partial charge on any atom is -0.496 e. The van der Waals surface area contributed by atoms with Crippen LogP contribution in [0.4, 0.5) is 5.69 Å². The summed E-state index contributed by atoms with van der Waals surface area (Å²) in [5.41, 5.74) is 1.50. The molecule has 2 heterocycles. The lowest BCUT2D eigenvalue weighted by atomic mass is 10.1. The fourth-order valence-corrected chi connectivity index (χ4v) is 7.57. The Morgan fingerprint density at radius 3 is 2.37 bits per heavy atom. The van der Waals surface area contributed by atoms with Crippen molar-refractivity contribution in [3.63, 3.8) is 0 Å². The van der Waals surface area contributed by atoms with Gasteiger partial charge in [-0.1, -0.05) is 42.3 Å². The van der Waals surface area contributed by atoms with Crippen LogP contribution >= 0.6 is 11.6 Å². The molecule has 0 bridgehead atoms. The molecule has 4 rings (SSSR count). The Hall–Kier alpha value is -3.17. The average molecular weight is 518 g/mol. The summed E-state index contributed by atoms with van der Waals surface area (Å²) in [6, 6.07) is 8.26. The van der Waals surface area contributed by atoms with Crippen molar-refractivity contribution in [2.75, 3.05) is 26.6 Å². The highest BCUT2D eigenvalue weighted by atomic mass is 35.5. The molecule has 10 heteroatoms. The predicted molar refractivity (Wildman–Crippen MR) is 135 cm³/mol. The first-order chi connectivity index (χ1) is 16.7. The molecule has 0 saturated carbocycles. The van der Waals surface area contributed by atoms with E-state index in [4.69, 9.17) is 35.3 Å². The minimum atomic E-state index is -1.60. The van der Waals surface area contributed by atoms with Gasteiger partial charge in [-0.25, -0.2) is 0 Å². The number of benzene rings is 2. The molecular formula is C25H28ClNO7Si. The number of fused-ring (bicyclic) bond motifs is 1. The van der Waals surface area contributed by atoms with Gasteiger partial charge in [0.25, 0.3) is 11.9 Å². The van der Waals surface area contributed by atoms with E-state index in [1.165, 1.54) is 38.1 Å². The van der Waals surface area contributed by atoms with Crippen molar-refractivity contribution in [1.82, 2.24) is 0 Å². The molecule has 0 aromatic heterocycles. The Morgan fingerprint density at radius 2 is 1.74 bits per heavy atom. The van der Waals surface area contributed by atoms with E-state index in [0.29, 0.717) is 28.0 Å². The van der Waals surface area contributed by atoms with E-state index in [1.54, 1.807) is 12.1 Å². The van der Waals surface area contributed by atoms with Crippen molar-refractivity contribution in [2.24, 2.45) is 0 Å². The molecule has 1 amide bonds. The number of amides is 1. The fourth-order valence-electron chi connectivity index (χ4n) is 4.43. The summed E-state index contributed by atoms with van der Waals surface area (Å²) in [5.74, 6) is 0.168. The van der Waals surface area contributed by atoms with Gasteiger partial charge in [0.15, 0.2) is 0 Å². The lowest BCUT2D eigenvalue weighted by molar-refractivity contribution is -0.134. The Kier molecular flexibility index (Phi) is 7.00. The largest absolute Gasteiger partial charge is 0.496 e. The van der Waals surface area contributed by atoms with E-state index >= 15 is 0 Å². The Morgan fingerprint density at radius 1 is 1.06 bits per heavy atom. The Bertz CT molecular complexity index is 1190. The first-order valence-corrected chi connectivity index (χ1v) is 14.8. The number of anilines is 1. The van der Waals surface area contributed by atoms with Gasteiger partial charge in [0.2, 0.25) is 11.9 Å². The normalized spacial score (nSPS) is 18.2. The van der Waals surface area contributed by atoms with Crippen LogP contribution in [-0.4, -0.2) is 47.2 Å². The van der Waals surface area contributed by atoms with Gasteiger partial charge in [-0.3, -0.25) is 9.59 Å². The van der Waals surface area contributed by atoms with Crippen molar-refractivity contribution < 1.29 is 33.3 Å². The monoisotopic (exact) mass is 517 g/mol. The van der Waals surface area contributed by atoms with Crippen LogP contribution in [-0.2, 0) is 20.7 Å². The van der Waals surface area contributed by atoms with E-state index in [2.05, 4.69) is 18.4 Å². The van der Waals surface area contributed by atoms with Gasteiger partial charge >= 0.3 is 0 Å². The van der Waals surface area contributed by atoms with E-state index in [1.807, 2.05) is 12.1 Å². The third-order valence-electron chi connectivity index (χ3n) is 6.30. The fraction of sp³-hybridized carbons (Fsp3) is 0.360. The molecule has 1 N–H and O–H groups in total. The van der Waals surface area contributed by atoms with Gasteiger partial charge in [0, 0.05) is 12.1 Å². The van der Waals surface area contributed by atoms with Gasteiger partial charge in [-0.15, -0.1) is 0 Å². The molecule has 1 atom stereocenters. The van der Waals surface area contributed by atoms with Gasteiger partial charge in [-0.05, 0) is 24.1 Å².